The SMILES string of the molecule is CC1CC=C2CC3C(CCC4CCCCC43C)C3CCC1C23C. The molecule has 0 radical (unpaired) electrons. The van der Waals surface area contributed by atoms with Gasteiger partial charge in [0.2, 0.25) is 0 Å². The van der Waals surface area contributed by atoms with Gasteiger partial charge < -0.3 is 0 Å². The summed E-state index contributed by atoms with van der Waals surface area (Å²) in [5.41, 5.74) is 3.21. The minimum Gasteiger partial charge on any atom is -0.0845 e. The molecule has 0 heterocycles. The van der Waals surface area contributed by atoms with E-state index < -0.39 is 0 Å². The van der Waals surface area contributed by atoms with E-state index in [1.165, 1.54) is 38.5 Å². The van der Waals surface area contributed by atoms with Crippen LogP contribution < -0.4 is 0 Å². The fourth-order valence-corrected chi connectivity index (χ4v) is 8.84. The molecular weight excluding hydrogens is 276 g/mol. The van der Waals surface area contributed by atoms with Crippen molar-refractivity contribution in [1.82, 2.24) is 0 Å². The topological polar surface area (TPSA) is 0 Å². The lowest BCUT2D eigenvalue weighted by molar-refractivity contribution is -0.0929. The van der Waals surface area contributed by atoms with E-state index in [-0.39, 0.29) is 0 Å². The van der Waals surface area contributed by atoms with Crippen molar-refractivity contribution in [3.8, 4) is 0 Å². The van der Waals surface area contributed by atoms with Crippen molar-refractivity contribution in [1.29, 1.82) is 0 Å². The Morgan fingerprint density at radius 3 is 2.61 bits per heavy atom. The highest BCUT2D eigenvalue weighted by Gasteiger charge is 2.62. The maximum absolute atomic E-state index is 2.73. The molecule has 0 aromatic rings. The first kappa shape index (κ1) is 15.0. The minimum absolute atomic E-state index is 0.594. The van der Waals surface area contributed by atoms with Gasteiger partial charge in [-0.15, -0.1) is 0 Å². The summed E-state index contributed by atoms with van der Waals surface area (Å²) in [5.74, 6) is 6.11. The van der Waals surface area contributed by atoms with Crippen LogP contribution in [0.5, 0.6) is 0 Å². The maximum Gasteiger partial charge on any atom is -0.00544 e. The smallest absolute Gasteiger partial charge is 0.00544 e. The van der Waals surface area contributed by atoms with Gasteiger partial charge in [-0.3, -0.25) is 0 Å². The third-order valence-electron chi connectivity index (χ3n) is 10.1. The van der Waals surface area contributed by atoms with E-state index in [9.17, 15) is 0 Å². The monoisotopic (exact) mass is 312 g/mol. The molecule has 0 N–H and O–H groups in total. The van der Waals surface area contributed by atoms with E-state index in [1.807, 2.05) is 5.57 Å². The summed E-state index contributed by atoms with van der Waals surface area (Å²) < 4.78 is 0. The van der Waals surface area contributed by atoms with Gasteiger partial charge in [0, 0.05) is 0 Å². The average Bonchev–Trinajstić information content (AvgIpc) is 2.89. The van der Waals surface area contributed by atoms with Crippen LogP contribution in [-0.2, 0) is 0 Å². The maximum atomic E-state index is 2.73. The van der Waals surface area contributed by atoms with Crippen LogP contribution in [0.25, 0.3) is 0 Å². The minimum atomic E-state index is 0.594. The van der Waals surface area contributed by atoms with E-state index in [4.69, 9.17) is 0 Å². The molecule has 4 fully saturated rings. The normalized spacial score (nSPS) is 58.0. The number of rotatable bonds is 0. The summed E-state index contributed by atoms with van der Waals surface area (Å²) in [6.45, 7) is 7.95. The zero-order valence-corrected chi connectivity index (χ0v) is 15.6. The molecule has 0 aliphatic heterocycles. The lowest BCUT2D eigenvalue weighted by atomic mass is 9.43. The molecule has 8 unspecified atom stereocenters. The molecule has 23 heavy (non-hydrogen) atoms. The van der Waals surface area contributed by atoms with Crippen molar-refractivity contribution < 1.29 is 0 Å². The summed E-state index contributed by atoms with van der Waals surface area (Å²) >= 11 is 0. The molecule has 8 atom stereocenters. The Morgan fingerprint density at radius 2 is 1.74 bits per heavy atom. The quantitative estimate of drug-likeness (QED) is 0.441. The van der Waals surface area contributed by atoms with E-state index in [0.29, 0.717) is 10.8 Å². The fourth-order valence-electron chi connectivity index (χ4n) is 8.84. The molecule has 0 amide bonds. The number of hydrogen-bond donors (Lipinski definition) is 0. The first-order valence-corrected chi connectivity index (χ1v) is 10.7. The second-order valence-electron chi connectivity index (χ2n) is 10.5. The van der Waals surface area contributed by atoms with Crippen molar-refractivity contribution in [2.45, 2.75) is 85.0 Å². The third kappa shape index (κ3) is 1.79. The molecule has 0 aromatic heterocycles. The first-order valence-electron chi connectivity index (χ1n) is 10.7. The van der Waals surface area contributed by atoms with Gasteiger partial charge in [-0.05, 0) is 97.7 Å². The highest BCUT2D eigenvalue weighted by molar-refractivity contribution is 5.29. The van der Waals surface area contributed by atoms with Crippen molar-refractivity contribution >= 4 is 0 Å². The van der Waals surface area contributed by atoms with E-state index >= 15 is 0 Å². The summed E-state index contributed by atoms with van der Waals surface area (Å²) in [6.07, 6.45) is 17.9. The second kappa shape index (κ2) is 4.89. The molecule has 0 aromatic carbocycles. The largest absolute Gasteiger partial charge is 0.0845 e. The molecule has 5 aliphatic rings. The van der Waals surface area contributed by atoms with Crippen molar-refractivity contribution in [2.75, 3.05) is 0 Å². The molecule has 0 bridgehead atoms. The Balaban J connectivity index is 1.56. The summed E-state index contributed by atoms with van der Waals surface area (Å²) in [6, 6.07) is 0. The fraction of sp³-hybridized carbons (Fsp3) is 0.913. The second-order valence-corrected chi connectivity index (χ2v) is 10.5. The number of hydrogen-bond acceptors (Lipinski definition) is 0. The Labute approximate surface area is 143 Å². The zero-order chi connectivity index (χ0) is 15.8. The molecule has 128 valence electrons. The van der Waals surface area contributed by atoms with Crippen LogP contribution in [-0.4, -0.2) is 0 Å². The van der Waals surface area contributed by atoms with Crippen LogP contribution in [0.1, 0.15) is 85.0 Å². The molecule has 0 nitrogen and oxygen atoms in total. The van der Waals surface area contributed by atoms with E-state index in [2.05, 4.69) is 26.8 Å². The van der Waals surface area contributed by atoms with Crippen molar-refractivity contribution in [2.24, 2.45) is 46.3 Å². The van der Waals surface area contributed by atoms with Crippen LogP contribution in [0.2, 0.25) is 0 Å². The highest BCUT2D eigenvalue weighted by Crippen LogP contribution is 2.70. The van der Waals surface area contributed by atoms with E-state index in [0.717, 1.165) is 35.5 Å². The first-order chi connectivity index (χ1) is 11.0. The Hall–Kier alpha value is -0.260. The van der Waals surface area contributed by atoms with Gasteiger partial charge in [-0.1, -0.05) is 45.3 Å². The van der Waals surface area contributed by atoms with Gasteiger partial charge in [0.25, 0.3) is 0 Å². The lowest BCUT2D eigenvalue weighted by Crippen LogP contribution is -2.54. The van der Waals surface area contributed by atoms with Crippen molar-refractivity contribution in [3.05, 3.63) is 11.6 Å². The molecule has 0 saturated heterocycles. The molecule has 0 spiro atoms. The van der Waals surface area contributed by atoms with Gasteiger partial charge in [0.15, 0.2) is 0 Å². The van der Waals surface area contributed by atoms with Gasteiger partial charge in [-0.2, -0.15) is 0 Å². The van der Waals surface area contributed by atoms with Crippen molar-refractivity contribution in [3.63, 3.8) is 0 Å². The Bertz CT molecular complexity index is 530. The predicted octanol–water partition coefficient (Wildman–Crippen LogP) is 6.61. The average molecular weight is 313 g/mol. The molecule has 4 saturated carbocycles. The number of allylic oxidation sites excluding steroid dienone is 2. The van der Waals surface area contributed by atoms with Gasteiger partial charge in [0.05, 0.1) is 0 Å². The Kier molecular flexibility index (Phi) is 3.19. The highest BCUT2D eigenvalue weighted by atomic mass is 14.7. The van der Waals surface area contributed by atoms with Crippen LogP contribution in [0, 0.1) is 46.3 Å². The van der Waals surface area contributed by atoms with Crippen LogP contribution in [0.15, 0.2) is 11.6 Å². The molecular formula is C23H36. The van der Waals surface area contributed by atoms with Gasteiger partial charge in [0.1, 0.15) is 0 Å². The third-order valence-corrected chi connectivity index (χ3v) is 10.1. The van der Waals surface area contributed by atoms with Gasteiger partial charge >= 0.3 is 0 Å². The number of fused-ring (bicyclic) bond motifs is 4. The predicted molar refractivity (Wildman–Crippen MR) is 97.1 cm³/mol. The molecule has 0 heteroatoms. The summed E-state index contributed by atoms with van der Waals surface area (Å²) in [7, 11) is 0. The molecule has 5 rings (SSSR count). The van der Waals surface area contributed by atoms with Crippen LogP contribution in [0.3, 0.4) is 0 Å². The van der Waals surface area contributed by atoms with Crippen LogP contribution in [0.4, 0.5) is 0 Å². The summed E-state index contributed by atoms with van der Waals surface area (Å²) in [4.78, 5) is 0. The zero-order valence-electron chi connectivity index (χ0n) is 15.6. The standard InChI is InChI=1S/C23H36/c1-15-7-8-17-14-21-18(20-12-11-19(15)23(17,20)3)10-9-16-6-4-5-13-22(16,21)2/h8,15-16,18-21H,4-7,9-14H2,1-3H3. The molecule has 5 aliphatic carbocycles. The Morgan fingerprint density at radius 1 is 0.913 bits per heavy atom. The van der Waals surface area contributed by atoms with E-state index in [1.54, 1.807) is 25.7 Å². The summed E-state index contributed by atoms with van der Waals surface area (Å²) in [5, 5.41) is 0. The van der Waals surface area contributed by atoms with Gasteiger partial charge in [-0.25, -0.2) is 0 Å². The lowest BCUT2D eigenvalue weighted by Gasteiger charge is -2.62. The van der Waals surface area contributed by atoms with Crippen LogP contribution >= 0.6 is 0 Å².